The SMILES string of the molecule is COc1ccc(C(=O)Nc2ccc(C)cc2C)cc1S(=O)(=O)N1CC(C)CC(C)C1. The van der Waals surface area contributed by atoms with Gasteiger partial charge in [-0.25, -0.2) is 8.42 Å². The number of hydrogen-bond donors (Lipinski definition) is 1. The number of nitrogens with zero attached hydrogens (tertiary/aromatic N) is 1. The summed E-state index contributed by atoms with van der Waals surface area (Å²) in [4.78, 5) is 12.9. The van der Waals surface area contributed by atoms with Crippen LogP contribution in [0.15, 0.2) is 41.3 Å². The highest BCUT2D eigenvalue weighted by molar-refractivity contribution is 7.89. The summed E-state index contributed by atoms with van der Waals surface area (Å²) in [6, 6.07) is 10.3. The maximum atomic E-state index is 13.4. The molecule has 6 nitrogen and oxygen atoms in total. The fourth-order valence-electron chi connectivity index (χ4n) is 4.11. The van der Waals surface area contributed by atoms with E-state index in [1.54, 1.807) is 12.1 Å². The first-order valence-electron chi connectivity index (χ1n) is 10.2. The summed E-state index contributed by atoms with van der Waals surface area (Å²) in [7, 11) is -2.35. The summed E-state index contributed by atoms with van der Waals surface area (Å²) in [6.45, 7) is 8.96. The molecule has 1 N–H and O–H groups in total. The zero-order chi connectivity index (χ0) is 22.1. The van der Waals surface area contributed by atoms with Gasteiger partial charge in [-0.1, -0.05) is 31.5 Å². The largest absolute Gasteiger partial charge is 0.495 e. The van der Waals surface area contributed by atoms with Gasteiger partial charge in [0.25, 0.3) is 5.91 Å². The number of piperidine rings is 1. The summed E-state index contributed by atoms with van der Waals surface area (Å²) < 4.78 is 33.6. The van der Waals surface area contributed by atoms with Gasteiger partial charge in [-0.05, 0) is 61.9 Å². The van der Waals surface area contributed by atoms with Crippen molar-refractivity contribution in [2.24, 2.45) is 11.8 Å². The number of nitrogens with one attached hydrogen (secondary N) is 1. The third kappa shape index (κ3) is 4.68. The van der Waals surface area contributed by atoms with Crippen LogP contribution in [0.5, 0.6) is 5.75 Å². The van der Waals surface area contributed by atoms with Crippen molar-refractivity contribution in [3.63, 3.8) is 0 Å². The Hall–Kier alpha value is -2.38. The molecule has 0 bridgehead atoms. The molecular formula is C23H30N2O4S. The fourth-order valence-corrected chi connectivity index (χ4v) is 5.97. The van der Waals surface area contributed by atoms with Crippen LogP contribution in [-0.4, -0.2) is 38.8 Å². The second kappa shape index (κ2) is 8.78. The van der Waals surface area contributed by atoms with E-state index in [9.17, 15) is 13.2 Å². The first kappa shape index (κ1) is 22.3. The molecule has 1 heterocycles. The van der Waals surface area contributed by atoms with E-state index in [0.717, 1.165) is 17.5 Å². The smallest absolute Gasteiger partial charge is 0.255 e. The van der Waals surface area contributed by atoms with Crippen molar-refractivity contribution in [2.75, 3.05) is 25.5 Å². The number of rotatable bonds is 5. The van der Waals surface area contributed by atoms with Crippen molar-refractivity contribution >= 4 is 21.6 Å². The summed E-state index contributed by atoms with van der Waals surface area (Å²) in [5.74, 6) is 0.446. The molecule has 1 saturated heterocycles. The quantitative estimate of drug-likeness (QED) is 0.770. The van der Waals surface area contributed by atoms with Crippen LogP contribution in [0.1, 0.15) is 41.8 Å². The van der Waals surface area contributed by atoms with Crippen LogP contribution in [0.3, 0.4) is 0 Å². The average molecular weight is 431 g/mol. The number of aryl methyl sites for hydroxylation is 2. The van der Waals surface area contributed by atoms with E-state index in [-0.39, 0.29) is 34.0 Å². The van der Waals surface area contributed by atoms with Gasteiger partial charge in [0.05, 0.1) is 7.11 Å². The van der Waals surface area contributed by atoms with Gasteiger partial charge in [-0.2, -0.15) is 4.31 Å². The predicted octanol–water partition coefficient (Wildman–Crippen LogP) is 4.23. The van der Waals surface area contributed by atoms with E-state index in [2.05, 4.69) is 19.2 Å². The third-order valence-electron chi connectivity index (χ3n) is 5.51. The number of carbonyl (C=O) groups is 1. The van der Waals surface area contributed by atoms with E-state index in [1.807, 2.05) is 32.0 Å². The summed E-state index contributed by atoms with van der Waals surface area (Å²) in [5, 5.41) is 2.88. The Kier molecular flexibility index (Phi) is 6.53. The summed E-state index contributed by atoms with van der Waals surface area (Å²) in [6.07, 6.45) is 1.00. The van der Waals surface area contributed by atoms with Crippen LogP contribution >= 0.6 is 0 Å². The van der Waals surface area contributed by atoms with Crippen LogP contribution < -0.4 is 10.1 Å². The summed E-state index contributed by atoms with van der Waals surface area (Å²) >= 11 is 0. The average Bonchev–Trinajstić information content (AvgIpc) is 2.68. The Morgan fingerprint density at radius 1 is 1.07 bits per heavy atom. The van der Waals surface area contributed by atoms with Crippen LogP contribution in [0.2, 0.25) is 0 Å². The predicted molar refractivity (Wildman–Crippen MR) is 119 cm³/mol. The molecule has 2 atom stereocenters. The highest BCUT2D eigenvalue weighted by Gasteiger charge is 2.34. The van der Waals surface area contributed by atoms with Gasteiger partial charge in [-0.15, -0.1) is 0 Å². The lowest BCUT2D eigenvalue weighted by atomic mass is 9.94. The Balaban J connectivity index is 1.94. The van der Waals surface area contributed by atoms with Gasteiger partial charge < -0.3 is 10.1 Å². The van der Waals surface area contributed by atoms with Gasteiger partial charge in [0, 0.05) is 24.3 Å². The van der Waals surface area contributed by atoms with Crippen molar-refractivity contribution in [1.29, 1.82) is 0 Å². The lowest BCUT2D eigenvalue weighted by molar-refractivity contribution is 0.102. The molecule has 2 unspecified atom stereocenters. The molecule has 0 saturated carbocycles. The zero-order valence-corrected chi connectivity index (χ0v) is 19.0. The molecule has 7 heteroatoms. The Bertz CT molecular complexity index is 1040. The number of hydrogen-bond acceptors (Lipinski definition) is 4. The minimum absolute atomic E-state index is 0.0274. The van der Waals surface area contributed by atoms with E-state index < -0.39 is 10.0 Å². The maximum absolute atomic E-state index is 13.4. The lowest BCUT2D eigenvalue weighted by Crippen LogP contribution is -2.42. The van der Waals surface area contributed by atoms with Crippen molar-refractivity contribution < 1.29 is 17.9 Å². The Morgan fingerprint density at radius 3 is 2.33 bits per heavy atom. The van der Waals surface area contributed by atoms with Gasteiger partial charge in [0.2, 0.25) is 10.0 Å². The third-order valence-corrected chi connectivity index (χ3v) is 7.36. The number of amides is 1. The second-order valence-corrected chi connectivity index (χ2v) is 10.3. The molecule has 0 spiro atoms. The maximum Gasteiger partial charge on any atom is 0.255 e. The first-order chi connectivity index (χ1) is 14.1. The minimum atomic E-state index is -3.78. The van der Waals surface area contributed by atoms with Crippen LogP contribution in [0.25, 0.3) is 0 Å². The highest BCUT2D eigenvalue weighted by Crippen LogP contribution is 2.32. The monoisotopic (exact) mass is 430 g/mol. The van der Waals surface area contributed by atoms with E-state index in [1.165, 1.54) is 17.5 Å². The topological polar surface area (TPSA) is 75.7 Å². The lowest BCUT2D eigenvalue weighted by Gasteiger charge is -2.34. The van der Waals surface area contributed by atoms with Gasteiger partial charge >= 0.3 is 0 Å². The van der Waals surface area contributed by atoms with Crippen LogP contribution in [0, 0.1) is 25.7 Å². The molecule has 1 fully saturated rings. The number of benzene rings is 2. The molecule has 30 heavy (non-hydrogen) atoms. The first-order valence-corrected chi connectivity index (χ1v) is 11.6. The van der Waals surface area contributed by atoms with Gasteiger partial charge in [-0.3, -0.25) is 4.79 Å². The number of anilines is 1. The van der Waals surface area contributed by atoms with Crippen LogP contribution in [0.4, 0.5) is 5.69 Å². The molecule has 1 aliphatic heterocycles. The number of sulfonamides is 1. The molecule has 2 aromatic rings. The normalized spacial score (nSPS) is 20.0. The van der Waals surface area contributed by atoms with E-state index in [0.29, 0.717) is 18.8 Å². The van der Waals surface area contributed by atoms with Crippen molar-refractivity contribution in [3.05, 3.63) is 53.1 Å². The molecular weight excluding hydrogens is 400 g/mol. The molecule has 0 aromatic heterocycles. The van der Waals surface area contributed by atoms with Crippen LogP contribution in [-0.2, 0) is 10.0 Å². The molecule has 3 rings (SSSR count). The Morgan fingerprint density at radius 2 is 1.73 bits per heavy atom. The van der Waals surface area contributed by atoms with Crippen molar-refractivity contribution in [3.8, 4) is 5.75 Å². The number of ether oxygens (including phenoxy) is 1. The minimum Gasteiger partial charge on any atom is -0.495 e. The highest BCUT2D eigenvalue weighted by atomic mass is 32.2. The molecule has 0 aliphatic carbocycles. The van der Waals surface area contributed by atoms with Crippen molar-refractivity contribution in [2.45, 2.75) is 39.0 Å². The van der Waals surface area contributed by atoms with E-state index >= 15 is 0 Å². The summed E-state index contributed by atoms with van der Waals surface area (Å²) in [5.41, 5.74) is 3.02. The number of carbonyl (C=O) groups excluding carboxylic acids is 1. The molecule has 2 aromatic carbocycles. The molecule has 1 amide bonds. The number of methoxy groups -OCH3 is 1. The zero-order valence-electron chi connectivity index (χ0n) is 18.2. The molecule has 162 valence electrons. The van der Waals surface area contributed by atoms with E-state index in [4.69, 9.17) is 4.74 Å². The second-order valence-electron chi connectivity index (χ2n) is 8.41. The van der Waals surface area contributed by atoms with Gasteiger partial charge in [0.15, 0.2) is 0 Å². The molecule has 1 aliphatic rings. The Labute approximate surface area is 179 Å². The van der Waals surface area contributed by atoms with Gasteiger partial charge in [0.1, 0.15) is 10.6 Å². The fraction of sp³-hybridized carbons (Fsp3) is 0.435. The van der Waals surface area contributed by atoms with Crippen molar-refractivity contribution in [1.82, 2.24) is 4.31 Å². The molecule has 0 radical (unpaired) electrons. The standard InChI is InChI=1S/C23H30N2O4S/c1-15-6-8-20(18(4)11-15)24-23(26)19-7-9-21(29-5)22(12-19)30(27,28)25-13-16(2)10-17(3)14-25/h6-9,11-12,16-17H,10,13-14H2,1-5H3,(H,24,26).